The number of rotatable bonds is 3. The first kappa shape index (κ1) is 11.7. The number of hydrogen-bond donors (Lipinski definition) is 2. The maximum absolute atomic E-state index is 12.1. The number of aromatic amines is 1. The van der Waals surface area contributed by atoms with Crippen molar-refractivity contribution in [1.82, 2.24) is 9.55 Å². The molecule has 0 bridgehead atoms. The lowest BCUT2D eigenvalue weighted by Gasteiger charge is -2.05. The molecule has 88 valence electrons. The quantitative estimate of drug-likeness (QED) is 0.800. The lowest BCUT2D eigenvalue weighted by atomic mass is 10.1. The minimum Gasteiger partial charge on any atom is -0.313 e. The van der Waals surface area contributed by atoms with Gasteiger partial charge in [-0.2, -0.15) is 12.6 Å². The van der Waals surface area contributed by atoms with E-state index in [2.05, 4.69) is 17.6 Å². The molecule has 0 saturated carbocycles. The second-order valence-electron chi connectivity index (χ2n) is 3.55. The Morgan fingerprint density at radius 3 is 2.53 bits per heavy atom. The van der Waals surface area contributed by atoms with E-state index >= 15 is 0 Å². The Labute approximate surface area is 103 Å². The summed E-state index contributed by atoms with van der Waals surface area (Å²) in [6, 6.07) is 9.24. The molecular weight excluding hydrogens is 236 g/mol. The fraction of sp³-hybridized carbons (Fsp3) is 0.167. The van der Waals surface area contributed by atoms with E-state index in [0.29, 0.717) is 17.9 Å². The maximum Gasteiger partial charge on any atom is 0.328 e. The first-order chi connectivity index (χ1) is 8.24. The third-order valence-electron chi connectivity index (χ3n) is 2.47. The zero-order valence-electron chi connectivity index (χ0n) is 9.09. The Balaban J connectivity index is 2.62. The highest BCUT2D eigenvalue weighted by molar-refractivity contribution is 7.80. The van der Waals surface area contributed by atoms with E-state index in [1.165, 1.54) is 6.20 Å². The Kier molecular flexibility index (Phi) is 3.49. The number of H-pyrrole nitrogens is 1. The van der Waals surface area contributed by atoms with Gasteiger partial charge in [-0.1, -0.05) is 30.3 Å². The summed E-state index contributed by atoms with van der Waals surface area (Å²) >= 11 is 4.04. The Hall–Kier alpha value is -1.75. The molecule has 0 amide bonds. The summed E-state index contributed by atoms with van der Waals surface area (Å²) in [7, 11) is 0. The van der Waals surface area contributed by atoms with E-state index in [-0.39, 0.29) is 5.56 Å². The van der Waals surface area contributed by atoms with E-state index in [0.717, 1.165) is 10.1 Å². The Morgan fingerprint density at radius 1 is 1.18 bits per heavy atom. The normalized spacial score (nSPS) is 10.4. The van der Waals surface area contributed by atoms with Gasteiger partial charge in [0, 0.05) is 18.5 Å². The van der Waals surface area contributed by atoms with Gasteiger partial charge in [-0.15, -0.1) is 0 Å². The highest BCUT2D eigenvalue weighted by Crippen LogP contribution is 2.12. The molecule has 1 N–H and O–H groups in total. The van der Waals surface area contributed by atoms with E-state index < -0.39 is 5.69 Å². The fourth-order valence-electron chi connectivity index (χ4n) is 1.64. The van der Waals surface area contributed by atoms with Crippen molar-refractivity contribution in [2.24, 2.45) is 0 Å². The Bertz CT molecular complexity index is 616. The third-order valence-corrected chi connectivity index (χ3v) is 2.67. The molecule has 17 heavy (non-hydrogen) atoms. The van der Waals surface area contributed by atoms with Crippen molar-refractivity contribution in [3.8, 4) is 11.1 Å². The molecule has 4 nitrogen and oxygen atoms in total. The van der Waals surface area contributed by atoms with Gasteiger partial charge in [-0.05, 0) is 5.56 Å². The van der Waals surface area contributed by atoms with E-state index in [9.17, 15) is 9.59 Å². The van der Waals surface area contributed by atoms with Crippen LogP contribution in [0.3, 0.4) is 0 Å². The highest BCUT2D eigenvalue weighted by Gasteiger charge is 2.07. The summed E-state index contributed by atoms with van der Waals surface area (Å²) in [5.41, 5.74) is 0.603. The number of nitrogens with zero attached hydrogens (tertiary/aromatic N) is 1. The summed E-state index contributed by atoms with van der Waals surface area (Å²) in [5.74, 6) is 0.446. The summed E-state index contributed by atoms with van der Waals surface area (Å²) in [6.07, 6.45) is 1.45. The Morgan fingerprint density at radius 2 is 1.88 bits per heavy atom. The molecule has 0 fully saturated rings. The minimum atomic E-state index is -0.399. The molecule has 2 rings (SSSR count). The SMILES string of the molecule is O=c1[nH]cc(-c2ccccc2)c(=O)n1CCS. The van der Waals surface area contributed by atoms with Crippen molar-refractivity contribution in [1.29, 1.82) is 0 Å². The van der Waals surface area contributed by atoms with Crippen LogP contribution in [0.1, 0.15) is 0 Å². The molecule has 2 aromatic rings. The van der Waals surface area contributed by atoms with E-state index in [1.54, 1.807) is 0 Å². The molecule has 0 radical (unpaired) electrons. The summed E-state index contributed by atoms with van der Waals surface area (Å²) in [5, 5.41) is 0. The van der Waals surface area contributed by atoms with Gasteiger partial charge in [0.2, 0.25) is 0 Å². The molecule has 0 atom stereocenters. The van der Waals surface area contributed by atoms with Crippen molar-refractivity contribution in [2.75, 3.05) is 5.75 Å². The van der Waals surface area contributed by atoms with E-state index in [1.807, 2.05) is 30.3 Å². The van der Waals surface area contributed by atoms with E-state index in [4.69, 9.17) is 0 Å². The molecule has 0 aliphatic heterocycles. The first-order valence-electron chi connectivity index (χ1n) is 5.23. The number of aromatic nitrogens is 2. The predicted octanol–water partition coefficient (Wildman–Crippen LogP) is 1.13. The van der Waals surface area contributed by atoms with Crippen LogP contribution >= 0.6 is 12.6 Å². The second-order valence-corrected chi connectivity index (χ2v) is 4.00. The number of benzene rings is 1. The van der Waals surface area contributed by atoms with Gasteiger partial charge in [0.25, 0.3) is 5.56 Å². The number of thiol groups is 1. The van der Waals surface area contributed by atoms with Gasteiger partial charge in [0.15, 0.2) is 0 Å². The molecule has 1 heterocycles. The summed E-state index contributed by atoms with van der Waals surface area (Å²) in [4.78, 5) is 26.1. The molecule has 0 spiro atoms. The third kappa shape index (κ3) is 2.34. The van der Waals surface area contributed by atoms with Crippen molar-refractivity contribution in [2.45, 2.75) is 6.54 Å². The van der Waals surface area contributed by atoms with Crippen molar-refractivity contribution >= 4 is 12.6 Å². The second kappa shape index (κ2) is 5.05. The monoisotopic (exact) mass is 248 g/mol. The molecule has 0 aliphatic carbocycles. The zero-order chi connectivity index (χ0) is 12.3. The van der Waals surface area contributed by atoms with Crippen LogP contribution < -0.4 is 11.2 Å². The largest absolute Gasteiger partial charge is 0.328 e. The van der Waals surface area contributed by atoms with Crippen molar-refractivity contribution in [3.63, 3.8) is 0 Å². The van der Waals surface area contributed by atoms with Crippen LogP contribution in [-0.2, 0) is 6.54 Å². The lowest BCUT2D eigenvalue weighted by molar-refractivity contribution is 0.682. The van der Waals surface area contributed by atoms with Crippen molar-refractivity contribution < 1.29 is 0 Å². The van der Waals surface area contributed by atoms with Crippen LogP contribution in [0, 0.1) is 0 Å². The number of hydrogen-bond acceptors (Lipinski definition) is 3. The predicted molar refractivity (Wildman–Crippen MR) is 70.6 cm³/mol. The van der Waals surface area contributed by atoms with Gasteiger partial charge in [-0.3, -0.25) is 9.36 Å². The molecule has 0 saturated heterocycles. The average Bonchev–Trinajstić information content (AvgIpc) is 2.36. The average molecular weight is 248 g/mol. The zero-order valence-corrected chi connectivity index (χ0v) is 9.98. The minimum absolute atomic E-state index is 0.283. The van der Waals surface area contributed by atoms with Crippen LogP contribution in [-0.4, -0.2) is 15.3 Å². The van der Waals surface area contributed by atoms with Gasteiger partial charge in [0.1, 0.15) is 0 Å². The van der Waals surface area contributed by atoms with Gasteiger partial charge >= 0.3 is 5.69 Å². The fourth-order valence-corrected chi connectivity index (χ4v) is 1.84. The summed E-state index contributed by atoms with van der Waals surface area (Å²) < 4.78 is 1.16. The van der Waals surface area contributed by atoms with Gasteiger partial charge in [-0.25, -0.2) is 4.79 Å². The molecule has 1 aromatic carbocycles. The number of nitrogens with one attached hydrogen (secondary N) is 1. The standard InChI is InChI=1S/C12H12N2O2S/c15-11-10(9-4-2-1-3-5-9)8-13-12(16)14(11)6-7-17/h1-5,8,17H,6-7H2,(H,13,16). The summed E-state index contributed by atoms with van der Waals surface area (Å²) in [6.45, 7) is 0.304. The first-order valence-corrected chi connectivity index (χ1v) is 5.86. The van der Waals surface area contributed by atoms with Crippen LogP contribution in [0.4, 0.5) is 0 Å². The van der Waals surface area contributed by atoms with Gasteiger partial charge < -0.3 is 4.98 Å². The van der Waals surface area contributed by atoms with Crippen LogP contribution in [0.2, 0.25) is 0 Å². The topological polar surface area (TPSA) is 54.9 Å². The van der Waals surface area contributed by atoms with Crippen LogP contribution in [0.15, 0.2) is 46.1 Å². The molecule has 0 unspecified atom stereocenters. The maximum atomic E-state index is 12.1. The van der Waals surface area contributed by atoms with Crippen LogP contribution in [0.25, 0.3) is 11.1 Å². The van der Waals surface area contributed by atoms with Crippen LogP contribution in [0.5, 0.6) is 0 Å². The lowest BCUT2D eigenvalue weighted by Crippen LogP contribution is -2.36. The highest BCUT2D eigenvalue weighted by atomic mass is 32.1. The molecular formula is C12H12N2O2S. The molecule has 5 heteroatoms. The molecule has 1 aromatic heterocycles. The molecule has 0 aliphatic rings. The smallest absolute Gasteiger partial charge is 0.313 e. The van der Waals surface area contributed by atoms with Gasteiger partial charge in [0.05, 0.1) is 5.56 Å². The van der Waals surface area contributed by atoms with Crippen molar-refractivity contribution in [3.05, 3.63) is 57.4 Å².